The Labute approximate surface area is 223 Å². The molecule has 0 bridgehead atoms. The molecule has 0 aromatic heterocycles. The van der Waals surface area contributed by atoms with Gasteiger partial charge in [0.25, 0.3) is 0 Å². The van der Waals surface area contributed by atoms with Crippen LogP contribution in [0.15, 0.2) is 12.1 Å². The van der Waals surface area contributed by atoms with Gasteiger partial charge in [0.1, 0.15) is 17.5 Å². The highest BCUT2D eigenvalue weighted by atomic mass is 16.3. The van der Waals surface area contributed by atoms with Crippen molar-refractivity contribution in [1.82, 2.24) is 0 Å². The molecule has 0 saturated heterocycles. The van der Waals surface area contributed by atoms with Crippen LogP contribution in [0.3, 0.4) is 0 Å². The van der Waals surface area contributed by atoms with Crippen molar-refractivity contribution < 1.29 is 34.2 Å². The smallest absolute Gasteiger partial charge is 0.190 e. The van der Waals surface area contributed by atoms with Crippen molar-refractivity contribution >= 4 is 28.9 Å². The maximum atomic E-state index is 14.3. The predicted molar refractivity (Wildman–Crippen MR) is 139 cm³/mol. The van der Waals surface area contributed by atoms with Gasteiger partial charge in [0, 0.05) is 11.3 Å². The Morgan fingerprint density at radius 2 is 1.63 bits per heavy atom. The molecule has 6 atom stereocenters. The molecule has 0 amide bonds. The van der Waals surface area contributed by atoms with E-state index in [2.05, 4.69) is 0 Å². The Morgan fingerprint density at radius 1 is 1.00 bits per heavy atom. The number of phenols is 1. The molecule has 2 N–H and O–H groups in total. The van der Waals surface area contributed by atoms with Crippen LogP contribution in [0.1, 0.15) is 101 Å². The van der Waals surface area contributed by atoms with Gasteiger partial charge >= 0.3 is 0 Å². The fourth-order valence-corrected chi connectivity index (χ4v) is 8.96. The summed E-state index contributed by atoms with van der Waals surface area (Å²) in [6, 6.07) is 3.41. The van der Waals surface area contributed by atoms with E-state index in [1.54, 1.807) is 20.8 Å². The highest BCUT2D eigenvalue weighted by molar-refractivity contribution is 6.32. The third-order valence-electron chi connectivity index (χ3n) is 10.3. The predicted octanol–water partition coefficient (Wildman–Crippen LogP) is 4.14. The Hall–Kier alpha value is -2.67. The number of aliphatic hydroxyl groups is 1. The number of hydrogen-bond acceptors (Lipinski definition) is 7. The van der Waals surface area contributed by atoms with Crippen molar-refractivity contribution in [3.63, 3.8) is 0 Å². The highest BCUT2D eigenvalue weighted by Gasteiger charge is 2.76. The fraction of sp³-hybridized carbons (Fsp3) is 0.645. The van der Waals surface area contributed by atoms with Crippen LogP contribution in [0.4, 0.5) is 0 Å². The number of carbonyl (C=O) groups excluding carboxylic acids is 5. The van der Waals surface area contributed by atoms with Crippen molar-refractivity contribution in [2.75, 3.05) is 0 Å². The third kappa shape index (κ3) is 3.33. The molecule has 4 aliphatic rings. The van der Waals surface area contributed by atoms with Crippen molar-refractivity contribution in [2.24, 2.45) is 34.5 Å². The topological polar surface area (TPSA) is 126 Å². The lowest BCUT2D eigenvalue weighted by atomic mass is 9.39. The van der Waals surface area contributed by atoms with E-state index in [4.69, 9.17) is 0 Å². The summed E-state index contributed by atoms with van der Waals surface area (Å²) in [5, 5.41) is 22.9. The first-order valence-corrected chi connectivity index (χ1v) is 13.9. The monoisotopic (exact) mass is 522 g/mol. The Bertz CT molecular complexity index is 1270. The molecule has 0 spiro atoms. The normalized spacial score (nSPS) is 37.6. The molecule has 0 heterocycles. The van der Waals surface area contributed by atoms with Gasteiger partial charge in [0.05, 0.1) is 11.5 Å². The molecule has 0 radical (unpaired) electrons. The Balaban J connectivity index is 1.71. The molecule has 1 aromatic carbocycles. The highest BCUT2D eigenvalue weighted by Crippen LogP contribution is 2.64. The molecule has 38 heavy (non-hydrogen) atoms. The zero-order valence-electron chi connectivity index (χ0n) is 22.9. The minimum absolute atomic E-state index is 0.0861. The van der Waals surface area contributed by atoms with Crippen LogP contribution in [0.2, 0.25) is 0 Å². The first-order valence-electron chi connectivity index (χ1n) is 13.9. The van der Waals surface area contributed by atoms with E-state index in [1.165, 1.54) is 12.5 Å². The van der Waals surface area contributed by atoms with Crippen LogP contribution in [0, 0.1) is 34.5 Å². The number of Topliss-reactive ketones (excluding diaryl/α,β-unsaturated/α-hetero) is 5. The van der Waals surface area contributed by atoms with Crippen LogP contribution >= 0.6 is 0 Å². The van der Waals surface area contributed by atoms with E-state index < -0.39 is 63.1 Å². The number of phenolic OH excluding ortho intramolecular Hbond substituents is 1. The van der Waals surface area contributed by atoms with Crippen LogP contribution in [-0.2, 0) is 25.6 Å². The summed E-state index contributed by atoms with van der Waals surface area (Å²) in [4.78, 5) is 68.2. The van der Waals surface area contributed by atoms with Gasteiger partial charge in [-0.2, -0.15) is 0 Å². The average Bonchev–Trinajstić information content (AvgIpc) is 2.81. The number of hydrogen-bond donors (Lipinski definition) is 2. The second kappa shape index (κ2) is 8.67. The summed E-state index contributed by atoms with van der Waals surface area (Å²) in [5.74, 6) is -8.21. The molecule has 3 fully saturated rings. The number of rotatable bonds is 3. The molecule has 3 unspecified atom stereocenters. The summed E-state index contributed by atoms with van der Waals surface area (Å²) in [5.41, 5.74) is -3.23. The molecule has 204 valence electrons. The van der Waals surface area contributed by atoms with E-state index >= 15 is 0 Å². The van der Waals surface area contributed by atoms with E-state index in [-0.39, 0.29) is 29.6 Å². The molecule has 4 aliphatic carbocycles. The van der Waals surface area contributed by atoms with Gasteiger partial charge in [-0.15, -0.1) is 0 Å². The minimum atomic E-state index is -2.65. The lowest BCUT2D eigenvalue weighted by Crippen LogP contribution is -2.76. The van der Waals surface area contributed by atoms with E-state index in [0.29, 0.717) is 6.42 Å². The Morgan fingerprint density at radius 3 is 2.21 bits per heavy atom. The maximum Gasteiger partial charge on any atom is 0.190 e. The van der Waals surface area contributed by atoms with Crippen molar-refractivity contribution in [3.05, 3.63) is 28.8 Å². The molecule has 7 heteroatoms. The van der Waals surface area contributed by atoms with Gasteiger partial charge in [-0.1, -0.05) is 53.0 Å². The summed E-state index contributed by atoms with van der Waals surface area (Å²) >= 11 is 0. The van der Waals surface area contributed by atoms with Crippen molar-refractivity contribution in [2.45, 2.75) is 91.1 Å². The second-order valence-electron chi connectivity index (χ2n) is 13.2. The lowest BCUT2D eigenvalue weighted by Gasteiger charge is -2.62. The van der Waals surface area contributed by atoms with Gasteiger partial charge in [0.2, 0.25) is 0 Å². The summed E-state index contributed by atoms with van der Waals surface area (Å²) in [6.07, 6.45) is 5.74. The minimum Gasteiger partial charge on any atom is -0.507 e. The SMILES string of the molecule is CC(=O)C1C(=O)C(C(C)C)[C@@]2(C)C[C@@]3(C)Cc4c(C5CCCCC5)ccc(O)c4C(=O)C3C(=O)[C@@]2(O)C1=O. The van der Waals surface area contributed by atoms with Crippen molar-refractivity contribution in [1.29, 1.82) is 0 Å². The van der Waals surface area contributed by atoms with Gasteiger partial charge in [-0.3, -0.25) is 24.0 Å². The van der Waals surface area contributed by atoms with Crippen molar-refractivity contribution in [3.8, 4) is 5.75 Å². The number of fused-ring (bicyclic) bond motifs is 3. The van der Waals surface area contributed by atoms with Crippen LogP contribution < -0.4 is 0 Å². The molecular weight excluding hydrogens is 484 g/mol. The summed E-state index contributed by atoms with van der Waals surface area (Å²) < 4.78 is 0. The lowest BCUT2D eigenvalue weighted by molar-refractivity contribution is -0.205. The zero-order chi connectivity index (χ0) is 27.9. The second-order valence-corrected chi connectivity index (χ2v) is 13.2. The van der Waals surface area contributed by atoms with Crippen LogP contribution in [-0.4, -0.2) is 44.7 Å². The van der Waals surface area contributed by atoms with E-state index in [1.807, 2.05) is 13.0 Å². The largest absolute Gasteiger partial charge is 0.507 e. The number of aromatic hydroxyl groups is 1. The fourth-order valence-electron chi connectivity index (χ4n) is 8.96. The number of carbonyl (C=O) groups is 5. The molecule has 0 aliphatic heterocycles. The first-order chi connectivity index (χ1) is 17.7. The van der Waals surface area contributed by atoms with Gasteiger partial charge in [-0.25, -0.2) is 0 Å². The first kappa shape index (κ1) is 26.9. The van der Waals surface area contributed by atoms with E-state index in [9.17, 15) is 34.2 Å². The van der Waals surface area contributed by atoms with Gasteiger partial charge in [0.15, 0.2) is 28.7 Å². The number of benzene rings is 1. The number of ketones is 5. The molecule has 7 nitrogen and oxygen atoms in total. The average molecular weight is 523 g/mol. The molecule has 1 aromatic rings. The standard InChI is InChI=1S/C31H38O7/c1-15(2)23-25(34)21(16(3)32)27(36)31(38)28(37)24-26(35)22-19(13-29(24,4)14-30(23,31)5)18(11-12-20(22)33)17-9-7-6-8-10-17/h11-12,15,17,21,23-24,33,38H,6-10,13-14H2,1-5H3/t21?,23?,24?,29-,30-,31+/m1/s1. The zero-order valence-corrected chi connectivity index (χ0v) is 22.9. The molecule has 3 saturated carbocycles. The Kier molecular flexibility index (Phi) is 6.14. The van der Waals surface area contributed by atoms with E-state index in [0.717, 1.165) is 43.7 Å². The molecular formula is C31H38O7. The summed E-state index contributed by atoms with van der Waals surface area (Å²) in [7, 11) is 0. The van der Waals surface area contributed by atoms with Gasteiger partial charge < -0.3 is 10.2 Å². The molecule has 5 rings (SSSR count). The quantitative estimate of drug-likeness (QED) is 0.572. The van der Waals surface area contributed by atoms with Crippen LogP contribution in [0.25, 0.3) is 0 Å². The van der Waals surface area contributed by atoms with Gasteiger partial charge in [-0.05, 0) is 67.1 Å². The summed E-state index contributed by atoms with van der Waals surface area (Å²) in [6.45, 7) is 8.14. The van der Waals surface area contributed by atoms with Crippen LogP contribution in [0.5, 0.6) is 5.75 Å². The third-order valence-corrected chi connectivity index (χ3v) is 10.3. The maximum absolute atomic E-state index is 14.3.